The molecule has 0 radical (unpaired) electrons. The summed E-state index contributed by atoms with van der Waals surface area (Å²) in [7, 11) is 0. The van der Waals surface area contributed by atoms with E-state index in [1.165, 1.54) is 0 Å². The maximum Gasteiger partial charge on any atom is 0.226 e. The van der Waals surface area contributed by atoms with Crippen molar-refractivity contribution >= 4 is 5.91 Å². The largest absolute Gasteiger partial charge is 0.493 e. The van der Waals surface area contributed by atoms with Crippen molar-refractivity contribution in [1.82, 2.24) is 4.90 Å². The summed E-state index contributed by atoms with van der Waals surface area (Å²) < 4.78 is 10.9. The predicted octanol–water partition coefficient (Wildman–Crippen LogP) is 0.984. The van der Waals surface area contributed by atoms with Gasteiger partial charge in [-0.3, -0.25) is 4.79 Å². The molecule has 1 atom stereocenters. The Labute approximate surface area is 119 Å². The Morgan fingerprint density at radius 2 is 2.30 bits per heavy atom. The van der Waals surface area contributed by atoms with Crippen molar-refractivity contribution in [2.24, 2.45) is 0 Å². The summed E-state index contributed by atoms with van der Waals surface area (Å²) in [5.74, 6) is 0.857. The highest BCUT2D eigenvalue weighted by molar-refractivity contribution is 5.76. The van der Waals surface area contributed by atoms with Gasteiger partial charge in [-0.1, -0.05) is 18.2 Å². The lowest BCUT2D eigenvalue weighted by atomic mass is 10.2. The third-order valence-electron chi connectivity index (χ3n) is 3.36. The van der Waals surface area contributed by atoms with Crippen LogP contribution in [0.3, 0.4) is 0 Å². The zero-order chi connectivity index (χ0) is 14.4. The Kier molecular flexibility index (Phi) is 5.38. The van der Waals surface area contributed by atoms with E-state index in [4.69, 9.17) is 14.6 Å². The minimum atomic E-state index is -0.259. The number of aliphatic hydroxyl groups excluding tert-OH is 1. The van der Waals surface area contributed by atoms with Crippen molar-refractivity contribution in [3.05, 3.63) is 29.8 Å². The topological polar surface area (TPSA) is 59.0 Å². The Hall–Kier alpha value is -1.59. The van der Waals surface area contributed by atoms with E-state index in [0.29, 0.717) is 32.7 Å². The number of carbonyl (C=O) groups is 1. The molecule has 20 heavy (non-hydrogen) atoms. The summed E-state index contributed by atoms with van der Waals surface area (Å²) in [5, 5.41) is 9.06. The molecule has 0 aromatic heterocycles. The van der Waals surface area contributed by atoms with Gasteiger partial charge < -0.3 is 19.5 Å². The molecule has 1 amide bonds. The molecule has 1 heterocycles. The second-order valence-corrected chi connectivity index (χ2v) is 4.88. The summed E-state index contributed by atoms with van der Waals surface area (Å²) >= 11 is 0. The van der Waals surface area contributed by atoms with Crippen LogP contribution in [0, 0.1) is 6.92 Å². The first-order valence-corrected chi connectivity index (χ1v) is 6.89. The van der Waals surface area contributed by atoms with Crippen LogP contribution in [0.4, 0.5) is 0 Å². The average molecular weight is 279 g/mol. The molecule has 0 spiro atoms. The van der Waals surface area contributed by atoms with Gasteiger partial charge >= 0.3 is 0 Å². The number of hydrogen-bond donors (Lipinski definition) is 1. The lowest BCUT2D eigenvalue weighted by Gasteiger charge is -2.32. The van der Waals surface area contributed by atoms with Crippen LogP contribution < -0.4 is 4.74 Å². The molecule has 1 aliphatic heterocycles. The zero-order valence-corrected chi connectivity index (χ0v) is 11.7. The zero-order valence-electron chi connectivity index (χ0n) is 11.7. The van der Waals surface area contributed by atoms with Gasteiger partial charge in [-0.15, -0.1) is 0 Å². The van der Waals surface area contributed by atoms with Crippen LogP contribution in [-0.4, -0.2) is 54.9 Å². The van der Waals surface area contributed by atoms with Crippen molar-refractivity contribution in [2.45, 2.75) is 19.4 Å². The number of aliphatic hydroxyl groups is 1. The Bertz CT molecular complexity index is 449. The second-order valence-electron chi connectivity index (χ2n) is 4.88. The molecule has 1 fully saturated rings. The fraction of sp³-hybridized carbons (Fsp3) is 0.533. The number of carbonyl (C=O) groups excluding carboxylic acids is 1. The maximum absolute atomic E-state index is 12.0. The number of aryl methyl sites for hydroxylation is 1. The molecule has 5 heteroatoms. The lowest BCUT2D eigenvalue weighted by Crippen LogP contribution is -2.47. The number of hydrogen-bond acceptors (Lipinski definition) is 4. The quantitative estimate of drug-likeness (QED) is 0.873. The first-order chi connectivity index (χ1) is 9.70. The van der Waals surface area contributed by atoms with E-state index in [9.17, 15) is 4.79 Å². The van der Waals surface area contributed by atoms with Gasteiger partial charge in [0, 0.05) is 13.1 Å². The number of benzene rings is 1. The van der Waals surface area contributed by atoms with Gasteiger partial charge in [0.05, 0.1) is 32.3 Å². The van der Waals surface area contributed by atoms with Gasteiger partial charge in [0.25, 0.3) is 0 Å². The summed E-state index contributed by atoms with van der Waals surface area (Å²) in [6, 6.07) is 7.75. The van der Waals surface area contributed by atoms with Gasteiger partial charge in [-0.05, 0) is 18.6 Å². The molecule has 1 aromatic carbocycles. The van der Waals surface area contributed by atoms with Crippen LogP contribution in [-0.2, 0) is 9.53 Å². The van der Waals surface area contributed by atoms with E-state index in [-0.39, 0.29) is 18.6 Å². The molecule has 1 aromatic rings. The molecule has 0 aliphatic carbocycles. The van der Waals surface area contributed by atoms with Crippen molar-refractivity contribution in [1.29, 1.82) is 0 Å². The Balaban J connectivity index is 1.76. The highest BCUT2D eigenvalue weighted by Gasteiger charge is 2.23. The van der Waals surface area contributed by atoms with E-state index in [1.54, 1.807) is 4.90 Å². The van der Waals surface area contributed by atoms with Crippen molar-refractivity contribution in [3.63, 3.8) is 0 Å². The van der Waals surface area contributed by atoms with Gasteiger partial charge in [0.15, 0.2) is 0 Å². The smallest absolute Gasteiger partial charge is 0.226 e. The summed E-state index contributed by atoms with van der Waals surface area (Å²) in [4.78, 5) is 13.8. The van der Waals surface area contributed by atoms with E-state index in [0.717, 1.165) is 11.3 Å². The molecule has 110 valence electrons. The maximum atomic E-state index is 12.0. The van der Waals surface area contributed by atoms with E-state index in [2.05, 4.69) is 0 Å². The molecule has 5 nitrogen and oxygen atoms in total. The van der Waals surface area contributed by atoms with Crippen molar-refractivity contribution in [2.75, 3.05) is 32.9 Å². The summed E-state index contributed by atoms with van der Waals surface area (Å²) in [6.07, 6.45) is 0.0805. The number of ether oxygens (including phenoxy) is 2. The van der Waals surface area contributed by atoms with Crippen LogP contribution in [0.15, 0.2) is 24.3 Å². The SMILES string of the molecule is Cc1ccccc1OCCC(=O)N1CCOC(CO)C1. The van der Waals surface area contributed by atoms with Crippen molar-refractivity contribution in [3.8, 4) is 5.75 Å². The average Bonchev–Trinajstić information content (AvgIpc) is 2.49. The van der Waals surface area contributed by atoms with E-state index >= 15 is 0 Å². The van der Waals surface area contributed by atoms with Crippen LogP contribution >= 0.6 is 0 Å². The van der Waals surface area contributed by atoms with Crippen LogP contribution in [0.5, 0.6) is 5.75 Å². The number of rotatable bonds is 5. The molecule has 0 saturated carbocycles. The number of amides is 1. The number of morpholine rings is 1. The molecule has 1 unspecified atom stereocenters. The Morgan fingerprint density at radius 3 is 3.05 bits per heavy atom. The van der Waals surface area contributed by atoms with Crippen LogP contribution in [0.25, 0.3) is 0 Å². The van der Waals surface area contributed by atoms with E-state index in [1.807, 2.05) is 31.2 Å². The molecule has 0 bridgehead atoms. The fourth-order valence-corrected chi connectivity index (χ4v) is 2.18. The minimum absolute atomic E-state index is 0.0420. The third kappa shape index (κ3) is 3.95. The molecule has 1 saturated heterocycles. The van der Waals surface area contributed by atoms with Gasteiger partial charge in [-0.2, -0.15) is 0 Å². The highest BCUT2D eigenvalue weighted by Crippen LogP contribution is 2.16. The Morgan fingerprint density at radius 1 is 1.50 bits per heavy atom. The van der Waals surface area contributed by atoms with Gasteiger partial charge in [0.1, 0.15) is 5.75 Å². The van der Waals surface area contributed by atoms with Crippen LogP contribution in [0.1, 0.15) is 12.0 Å². The minimum Gasteiger partial charge on any atom is -0.493 e. The number of nitrogens with zero attached hydrogens (tertiary/aromatic N) is 1. The molecule has 1 N–H and O–H groups in total. The normalized spacial score (nSPS) is 18.9. The summed E-state index contributed by atoms with van der Waals surface area (Å²) in [5.41, 5.74) is 1.06. The predicted molar refractivity (Wildman–Crippen MR) is 74.7 cm³/mol. The monoisotopic (exact) mass is 279 g/mol. The third-order valence-corrected chi connectivity index (χ3v) is 3.36. The fourth-order valence-electron chi connectivity index (χ4n) is 2.18. The van der Waals surface area contributed by atoms with Crippen molar-refractivity contribution < 1.29 is 19.4 Å². The molecular weight excluding hydrogens is 258 g/mol. The summed E-state index contributed by atoms with van der Waals surface area (Å²) in [6.45, 7) is 3.81. The highest BCUT2D eigenvalue weighted by atomic mass is 16.5. The van der Waals surface area contributed by atoms with Crippen LogP contribution in [0.2, 0.25) is 0 Å². The second kappa shape index (κ2) is 7.26. The lowest BCUT2D eigenvalue weighted by molar-refractivity contribution is -0.140. The molecule has 1 aliphatic rings. The molecular formula is C15H21NO4. The first kappa shape index (κ1) is 14.8. The standard InChI is InChI=1S/C15H21NO4/c1-12-4-2-3-5-14(12)20-8-6-15(18)16-7-9-19-13(10-16)11-17/h2-5,13,17H,6-11H2,1H3. The van der Waals surface area contributed by atoms with Gasteiger partial charge in [0.2, 0.25) is 5.91 Å². The first-order valence-electron chi connectivity index (χ1n) is 6.89. The van der Waals surface area contributed by atoms with Gasteiger partial charge in [-0.25, -0.2) is 0 Å². The number of para-hydroxylation sites is 1. The molecule has 2 rings (SSSR count). The van der Waals surface area contributed by atoms with E-state index < -0.39 is 0 Å².